The number of benzene rings is 2. The van der Waals surface area contributed by atoms with E-state index in [1.54, 1.807) is 45.0 Å². The molecule has 0 bridgehead atoms. The van der Waals surface area contributed by atoms with E-state index < -0.39 is 5.60 Å². The molecule has 0 spiro atoms. The number of ether oxygens (including phenoxy) is 3. The number of hydrogen-bond donors (Lipinski definition) is 1. The molecule has 0 unspecified atom stereocenters. The van der Waals surface area contributed by atoms with Crippen molar-refractivity contribution in [2.75, 3.05) is 19.8 Å². The van der Waals surface area contributed by atoms with Crippen LogP contribution in [0.5, 0.6) is 11.5 Å². The standard InChI is InChI=1S/C21H26FNO4.C15H17FN2O2.ClH/c1-21(2,3)27-19(24)9-4-14(11-22)13-26-17-7-8-18-15(10-17)12-23(20(18)25)16-5-6-16;16-6-10(7-17)9-20-13-3-4-14-11(5-13)8-18(15(14)19)12-1-2-12;/h7-8,10-11,16H,4-6,9,12-13H2,1-3H3;3-6,12H,1-2,7-9,17H2;1H/b14-11-;10-6-;. The van der Waals surface area contributed by atoms with Crippen molar-refractivity contribution in [3.63, 3.8) is 0 Å². The Labute approximate surface area is 286 Å². The molecule has 2 aromatic carbocycles. The van der Waals surface area contributed by atoms with Crippen LogP contribution in [0.1, 0.15) is 91.1 Å². The van der Waals surface area contributed by atoms with Crippen LogP contribution in [0.2, 0.25) is 0 Å². The van der Waals surface area contributed by atoms with E-state index in [4.69, 9.17) is 19.9 Å². The highest BCUT2D eigenvalue weighted by Gasteiger charge is 2.39. The molecule has 0 atom stereocenters. The predicted molar refractivity (Wildman–Crippen MR) is 179 cm³/mol. The van der Waals surface area contributed by atoms with Crippen LogP contribution in [0, 0.1) is 0 Å². The topological polar surface area (TPSA) is 111 Å². The highest BCUT2D eigenvalue weighted by molar-refractivity contribution is 5.99. The van der Waals surface area contributed by atoms with Crippen molar-refractivity contribution in [1.82, 2.24) is 9.80 Å². The lowest BCUT2D eigenvalue weighted by Crippen LogP contribution is -2.25. The second kappa shape index (κ2) is 16.0. The Balaban J connectivity index is 0.000000221. The Morgan fingerprint density at radius 2 is 1.27 bits per heavy atom. The van der Waals surface area contributed by atoms with Crippen LogP contribution >= 0.6 is 12.4 Å². The van der Waals surface area contributed by atoms with E-state index in [1.165, 1.54) is 0 Å². The summed E-state index contributed by atoms with van der Waals surface area (Å²) in [5.41, 5.74) is 9.02. The minimum atomic E-state index is -0.552. The Kier molecular flexibility index (Phi) is 12.3. The normalized spacial score (nSPS) is 17.3. The average molecular weight is 688 g/mol. The van der Waals surface area contributed by atoms with Crippen LogP contribution in [0.25, 0.3) is 0 Å². The van der Waals surface area contributed by atoms with Gasteiger partial charge in [0.25, 0.3) is 11.8 Å². The maximum atomic E-state index is 13.1. The summed E-state index contributed by atoms with van der Waals surface area (Å²) in [6.07, 6.45) is 5.66. The number of rotatable bonds is 12. The molecule has 2 fully saturated rings. The number of esters is 1. The van der Waals surface area contributed by atoms with Crippen molar-refractivity contribution in [1.29, 1.82) is 0 Å². The summed E-state index contributed by atoms with van der Waals surface area (Å²) in [5, 5.41) is 0. The maximum Gasteiger partial charge on any atom is 0.306 e. The first-order valence-corrected chi connectivity index (χ1v) is 16.1. The van der Waals surface area contributed by atoms with Crippen molar-refractivity contribution in [2.24, 2.45) is 5.73 Å². The molecule has 0 radical (unpaired) electrons. The van der Waals surface area contributed by atoms with Gasteiger partial charge in [-0.3, -0.25) is 14.4 Å². The number of nitrogens with two attached hydrogens (primary N) is 1. The molecule has 2 aliphatic heterocycles. The molecule has 2 N–H and O–H groups in total. The summed E-state index contributed by atoms with van der Waals surface area (Å²) >= 11 is 0. The molecule has 2 aliphatic carbocycles. The summed E-state index contributed by atoms with van der Waals surface area (Å²) in [6, 6.07) is 11.5. The fourth-order valence-corrected chi connectivity index (χ4v) is 5.48. The molecular formula is C36H44ClF2N3O6. The number of amides is 2. The molecule has 0 aromatic heterocycles. The van der Waals surface area contributed by atoms with Crippen LogP contribution in [-0.2, 0) is 22.6 Å². The van der Waals surface area contributed by atoms with Gasteiger partial charge in [-0.1, -0.05) is 0 Å². The molecule has 6 rings (SSSR count). The van der Waals surface area contributed by atoms with Crippen LogP contribution in [0.15, 0.2) is 60.2 Å². The number of hydrogen-bond acceptors (Lipinski definition) is 7. The van der Waals surface area contributed by atoms with Crippen molar-refractivity contribution < 1.29 is 37.4 Å². The first-order valence-electron chi connectivity index (χ1n) is 16.1. The van der Waals surface area contributed by atoms with E-state index >= 15 is 0 Å². The molecule has 260 valence electrons. The Morgan fingerprint density at radius 1 is 0.812 bits per heavy atom. The Hall–Kier alpha value is -3.96. The third kappa shape index (κ3) is 9.56. The zero-order valence-electron chi connectivity index (χ0n) is 27.6. The Morgan fingerprint density at radius 3 is 1.67 bits per heavy atom. The predicted octanol–water partition coefficient (Wildman–Crippen LogP) is 6.58. The van der Waals surface area contributed by atoms with Gasteiger partial charge in [-0.2, -0.15) is 0 Å². The smallest absolute Gasteiger partial charge is 0.306 e. The van der Waals surface area contributed by atoms with Gasteiger partial charge in [-0.25, -0.2) is 8.78 Å². The van der Waals surface area contributed by atoms with E-state index in [2.05, 4.69) is 0 Å². The lowest BCUT2D eigenvalue weighted by Gasteiger charge is -2.19. The number of nitrogens with zero attached hydrogens (tertiary/aromatic N) is 2. The van der Waals surface area contributed by atoms with Crippen molar-refractivity contribution in [3.05, 3.63) is 82.5 Å². The first kappa shape index (κ1) is 36.9. The van der Waals surface area contributed by atoms with Crippen molar-refractivity contribution >= 4 is 30.2 Å². The van der Waals surface area contributed by atoms with Crippen LogP contribution in [-0.4, -0.2) is 65.0 Å². The van der Waals surface area contributed by atoms with Gasteiger partial charge in [0.1, 0.15) is 30.3 Å². The molecule has 2 aromatic rings. The van der Waals surface area contributed by atoms with Gasteiger partial charge in [0, 0.05) is 54.8 Å². The summed E-state index contributed by atoms with van der Waals surface area (Å²) in [6.45, 7) is 6.97. The second-order valence-corrected chi connectivity index (χ2v) is 13.4. The maximum absolute atomic E-state index is 13.1. The molecule has 2 saturated carbocycles. The van der Waals surface area contributed by atoms with Gasteiger partial charge >= 0.3 is 5.97 Å². The fraction of sp³-hybridized carbons (Fsp3) is 0.472. The second-order valence-electron chi connectivity index (χ2n) is 13.4. The Bertz CT molecular complexity index is 1570. The monoisotopic (exact) mass is 687 g/mol. The molecule has 9 nitrogen and oxygen atoms in total. The lowest BCUT2D eigenvalue weighted by molar-refractivity contribution is -0.154. The molecule has 48 heavy (non-hydrogen) atoms. The number of carbonyl (C=O) groups is 3. The van der Waals surface area contributed by atoms with Crippen molar-refractivity contribution in [2.45, 2.75) is 90.1 Å². The van der Waals surface area contributed by atoms with Gasteiger partial charge in [-0.15, -0.1) is 12.4 Å². The SMILES string of the molecule is CC(C)(C)OC(=O)CC/C(=C/F)COc1ccc2c(c1)CN(C1CC1)C2=O.Cl.NC/C(=C/F)COc1ccc2c(c1)CN(C1CC1)C2=O. The lowest BCUT2D eigenvalue weighted by atomic mass is 10.1. The van der Waals surface area contributed by atoms with E-state index in [9.17, 15) is 23.2 Å². The van der Waals surface area contributed by atoms with E-state index in [1.807, 2.05) is 21.9 Å². The minimum absolute atomic E-state index is 0. The van der Waals surface area contributed by atoms with Gasteiger partial charge in [0.15, 0.2) is 0 Å². The highest BCUT2D eigenvalue weighted by Crippen LogP contribution is 2.37. The summed E-state index contributed by atoms with van der Waals surface area (Å²) < 4.78 is 41.9. The van der Waals surface area contributed by atoms with E-state index in [0.717, 1.165) is 47.9 Å². The van der Waals surface area contributed by atoms with Gasteiger partial charge in [0.05, 0.1) is 12.7 Å². The van der Waals surface area contributed by atoms with Gasteiger partial charge in [0.2, 0.25) is 0 Å². The third-order valence-corrected chi connectivity index (χ3v) is 8.28. The van der Waals surface area contributed by atoms with E-state index in [0.29, 0.717) is 60.5 Å². The van der Waals surface area contributed by atoms with E-state index in [-0.39, 0.29) is 62.8 Å². The van der Waals surface area contributed by atoms with Crippen LogP contribution in [0.4, 0.5) is 8.78 Å². The summed E-state index contributed by atoms with van der Waals surface area (Å²) in [4.78, 5) is 40.1. The summed E-state index contributed by atoms with van der Waals surface area (Å²) in [5.74, 6) is 1.07. The van der Waals surface area contributed by atoms with Gasteiger partial charge in [-0.05, 0) is 106 Å². The molecule has 2 heterocycles. The molecule has 0 saturated heterocycles. The number of halogens is 3. The zero-order valence-corrected chi connectivity index (χ0v) is 28.5. The quantitative estimate of drug-likeness (QED) is 0.251. The van der Waals surface area contributed by atoms with Crippen LogP contribution < -0.4 is 15.2 Å². The largest absolute Gasteiger partial charge is 0.489 e. The molecule has 2 amide bonds. The minimum Gasteiger partial charge on any atom is -0.489 e. The zero-order chi connectivity index (χ0) is 33.7. The fourth-order valence-electron chi connectivity index (χ4n) is 5.48. The van der Waals surface area contributed by atoms with Crippen LogP contribution in [0.3, 0.4) is 0 Å². The number of fused-ring (bicyclic) bond motifs is 2. The van der Waals surface area contributed by atoms with Crippen molar-refractivity contribution in [3.8, 4) is 11.5 Å². The molecule has 4 aliphatic rings. The average Bonchev–Trinajstić information content (AvgIpc) is 3.98. The van der Waals surface area contributed by atoms with Gasteiger partial charge < -0.3 is 29.7 Å². The molecular weight excluding hydrogens is 644 g/mol. The molecule has 12 heteroatoms. The third-order valence-electron chi connectivity index (χ3n) is 8.28. The number of carbonyl (C=O) groups excluding carboxylic acids is 3. The highest BCUT2D eigenvalue weighted by atomic mass is 35.5. The summed E-state index contributed by atoms with van der Waals surface area (Å²) in [7, 11) is 0. The first-order chi connectivity index (χ1) is 22.5.